The molecule has 0 N–H and O–H groups in total. The predicted molar refractivity (Wildman–Crippen MR) is 112 cm³/mol. The molecule has 2 aromatic carbocycles. The molecule has 0 bridgehead atoms. The van der Waals surface area contributed by atoms with Gasteiger partial charge in [-0.15, -0.1) is 0 Å². The second-order valence-electron chi connectivity index (χ2n) is 6.54. The maximum absolute atomic E-state index is 13.2. The molecule has 5 nitrogen and oxygen atoms in total. The average Bonchev–Trinajstić information content (AvgIpc) is 3.00. The summed E-state index contributed by atoms with van der Waals surface area (Å²) in [5, 5.41) is 0.707. The molecule has 0 amide bonds. The minimum atomic E-state index is -0.707. The van der Waals surface area contributed by atoms with Crippen LogP contribution < -0.4 is 4.74 Å². The van der Waals surface area contributed by atoms with Crippen LogP contribution in [0.5, 0.6) is 5.75 Å². The number of rotatable bonds is 7. The summed E-state index contributed by atoms with van der Waals surface area (Å²) in [5.41, 5.74) is 2.63. The first-order valence-corrected chi connectivity index (χ1v) is 9.73. The summed E-state index contributed by atoms with van der Waals surface area (Å²) in [7, 11) is 0. The van der Waals surface area contributed by atoms with E-state index < -0.39 is 19.2 Å². The largest absolute Gasteiger partial charge is 0.480 e. The Morgan fingerprint density at radius 3 is 2.37 bits per heavy atom. The third-order valence-corrected chi connectivity index (χ3v) is 4.95. The van der Waals surface area contributed by atoms with Crippen LogP contribution in [0, 0.1) is 19.7 Å². The Bertz CT molecular complexity index is 1090. The van der Waals surface area contributed by atoms with E-state index in [0.29, 0.717) is 16.3 Å². The van der Waals surface area contributed by atoms with Gasteiger partial charge in [-0.25, -0.2) is 9.18 Å². The third-order valence-electron chi connectivity index (χ3n) is 4.42. The lowest BCUT2D eigenvalue weighted by molar-refractivity contribution is -0.144. The highest BCUT2D eigenvalue weighted by atomic mass is 35.5. The molecule has 0 atom stereocenters. The Morgan fingerprint density at radius 2 is 1.70 bits per heavy atom. The SMILES string of the molecule is Cc1cc(C(=O)COC(=O)COc2ccc(Cl)cc2Cl)c(C)n1-c1ccc(F)cc1. The fraction of sp³-hybridized carbons (Fsp3) is 0.182. The zero-order valence-corrected chi connectivity index (χ0v) is 17.8. The standard InChI is InChI=1S/C22H18Cl2FNO4/c1-13-9-18(14(2)26(13)17-6-4-16(25)5-7-17)20(27)11-30-22(28)12-29-21-8-3-15(23)10-19(21)24/h3-10H,11-12H2,1-2H3. The highest BCUT2D eigenvalue weighted by Gasteiger charge is 2.18. The van der Waals surface area contributed by atoms with Crippen LogP contribution in [-0.4, -0.2) is 29.5 Å². The molecule has 0 aliphatic carbocycles. The number of halogens is 3. The van der Waals surface area contributed by atoms with Gasteiger partial charge in [-0.2, -0.15) is 0 Å². The van der Waals surface area contributed by atoms with E-state index in [4.69, 9.17) is 32.7 Å². The van der Waals surface area contributed by atoms with E-state index in [1.165, 1.54) is 24.3 Å². The van der Waals surface area contributed by atoms with Gasteiger partial charge in [0.1, 0.15) is 11.6 Å². The van der Waals surface area contributed by atoms with Gasteiger partial charge < -0.3 is 14.0 Å². The number of hydrogen-bond acceptors (Lipinski definition) is 4. The maximum Gasteiger partial charge on any atom is 0.344 e. The van der Waals surface area contributed by atoms with Crippen LogP contribution in [0.3, 0.4) is 0 Å². The lowest BCUT2D eigenvalue weighted by atomic mass is 10.1. The molecule has 0 saturated carbocycles. The molecule has 3 rings (SSSR count). The molecular weight excluding hydrogens is 432 g/mol. The molecule has 0 radical (unpaired) electrons. The number of benzene rings is 2. The van der Waals surface area contributed by atoms with Crippen LogP contribution in [0.4, 0.5) is 4.39 Å². The van der Waals surface area contributed by atoms with Crippen LogP contribution in [0.2, 0.25) is 10.0 Å². The van der Waals surface area contributed by atoms with Gasteiger partial charge in [-0.3, -0.25) is 4.79 Å². The number of esters is 1. The van der Waals surface area contributed by atoms with Crippen molar-refractivity contribution >= 4 is 35.0 Å². The third kappa shape index (κ3) is 5.01. The zero-order valence-electron chi connectivity index (χ0n) is 16.2. The fourth-order valence-corrected chi connectivity index (χ4v) is 3.49. The van der Waals surface area contributed by atoms with E-state index in [0.717, 1.165) is 11.4 Å². The van der Waals surface area contributed by atoms with Crippen LogP contribution in [0.15, 0.2) is 48.5 Å². The van der Waals surface area contributed by atoms with Crippen molar-refractivity contribution in [1.82, 2.24) is 4.57 Å². The van der Waals surface area contributed by atoms with E-state index in [1.54, 1.807) is 31.2 Å². The lowest BCUT2D eigenvalue weighted by Gasteiger charge is -2.10. The number of ether oxygens (including phenoxy) is 2. The molecule has 0 aliphatic rings. The Balaban J connectivity index is 1.61. The number of aryl methyl sites for hydroxylation is 1. The van der Waals surface area contributed by atoms with Crippen molar-refractivity contribution in [2.75, 3.05) is 13.2 Å². The smallest absolute Gasteiger partial charge is 0.344 e. The number of aromatic nitrogens is 1. The minimum absolute atomic E-state index is 0.264. The number of nitrogens with zero attached hydrogens (tertiary/aromatic N) is 1. The van der Waals surface area contributed by atoms with Gasteiger partial charge in [0.25, 0.3) is 0 Å². The Morgan fingerprint density at radius 1 is 1.00 bits per heavy atom. The molecule has 0 spiro atoms. The van der Waals surface area contributed by atoms with Crippen LogP contribution in [-0.2, 0) is 9.53 Å². The van der Waals surface area contributed by atoms with E-state index >= 15 is 0 Å². The molecule has 8 heteroatoms. The van der Waals surface area contributed by atoms with Gasteiger partial charge in [0.2, 0.25) is 5.78 Å². The van der Waals surface area contributed by atoms with Crippen molar-refractivity contribution < 1.29 is 23.5 Å². The molecule has 1 aromatic heterocycles. The molecule has 30 heavy (non-hydrogen) atoms. The molecule has 0 aliphatic heterocycles. The number of Topliss-reactive ketones (excluding diaryl/α,β-unsaturated/α-hetero) is 1. The van der Waals surface area contributed by atoms with Crippen molar-refractivity contribution in [2.45, 2.75) is 13.8 Å². The summed E-state index contributed by atoms with van der Waals surface area (Å²) in [5.74, 6) is -1.12. The van der Waals surface area contributed by atoms with Gasteiger partial charge in [0.15, 0.2) is 13.2 Å². The molecule has 1 heterocycles. The van der Waals surface area contributed by atoms with E-state index in [1.807, 2.05) is 11.5 Å². The molecule has 3 aromatic rings. The fourth-order valence-electron chi connectivity index (χ4n) is 3.03. The quantitative estimate of drug-likeness (QED) is 0.360. The topological polar surface area (TPSA) is 57.5 Å². The van der Waals surface area contributed by atoms with E-state index in [2.05, 4.69) is 0 Å². The number of carbonyl (C=O) groups excluding carboxylic acids is 2. The van der Waals surface area contributed by atoms with E-state index in [-0.39, 0.29) is 22.4 Å². The summed E-state index contributed by atoms with van der Waals surface area (Å²) in [6, 6.07) is 12.3. The molecule has 156 valence electrons. The second-order valence-corrected chi connectivity index (χ2v) is 7.39. The van der Waals surface area contributed by atoms with E-state index in [9.17, 15) is 14.0 Å². The van der Waals surface area contributed by atoms with Gasteiger partial charge in [-0.05, 0) is 62.4 Å². The number of ketones is 1. The van der Waals surface area contributed by atoms with Crippen molar-refractivity contribution in [1.29, 1.82) is 0 Å². The maximum atomic E-state index is 13.2. The molecule has 0 unspecified atom stereocenters. The monoisotopic (exact) mass is 449 g/mol. The average molecular weight is 450 g/mol. The second kappa shape index (κ2) is 9.32. The minimum Gasteiger partial charge on any atom is -0.480 e. The van der Waals surface area contributed by atoms with Crippen molar-refractivity contribution in [3.05, 3.63) is 81.3 Å². The first-order valence-electron chi connectivity index (χ1n) is 8.98. The summed E-state index contributed by atoms with van der Waals surface area (Å²) in [6.45, 7) is 2.79. The number of hydrogen-bond donors (Lipinski definition) is 0. The summed E-state index contributed by atoms with van der Waals surface area (Å²) in [6.07, 6.45) is 0. The summed E-state index contributed by atoms with van der Waals surface area (Å²) < 4.78 is 25.3. The van der Waals surface area contributed by atoms with Gasteiger partial charge >= 0.3 is 5.97 Å². The van der Waals surface area contributed by atoms with Crippen molar-refractivity contribution in [3.8, 4) is 11.4 Å². The highest BCUT2D eigenvalue weighted by molar-refractivity contribution is 6.35. The molecule has 0 saturated heterocycles. The first kappa shape index (κ1) is 21.9. The van der Waals surface area contributed by atoms with Crippen molar-refractivity contribution in [3.63, 3.8) is 0 Å². The zero-order chi connectivity index (χ0) is 21.8. The van der Waals surface area contributed by atoms with Gasteiger partial charge in [-0.1, -0.05) is 23.2 Å². The van der Waals surface area contributed by atoms with Gasteiger partial charge in [0, 0.05) is 27.7 Å². The van der Waals surface area contributed by atoms with Crippen LogP contribution in [0.1, 0.15) is 21.7 Å². The first-order chi connectivity index (χ1) is 14.3. The van der Waals surface area contributed by atoms with Crippen LogP contribution >= 0.6 is 23.2 Å². The molecular formula is C22H18Cl2FNO4. The number of carbonyl (C=O) groups is 2. The summed E-state index contributed by atoms with van der Waals surface area (Å²) >= 11 is 11.8. The van der Waals surface area contributed by atoms with Crippen molar-refractivity contribution in [2.24, 2.45) is 0 Å². The normalized spacial score (nSPS) is 10.7. The lowest BCUT2D eigenvalue weighted by Crippen LogP contribution is -2.20. The Kier molecular flexibility index (Phi) is 6.80. The van der Waals surface area contributed by atoms with Crippen LogP contribution in [0.25, 0.3) is 5.69 Å². The highest BCUT2D eigenvalue weighted by Crippen LogP contribution is 2.27. The Labute approximate surface area is 182 Å². The summed E-state index contributed by atoms with van der Waals surface area (Å²) in [4.78, 5) is 24.5. The molecule has 0 fully saturated rings. The Hall–Kier alpha value is -2.83. The van der Waals surface area contributed by atoms with Gasteiger partial charge in [0.05, 0.1) is 5.02 Å². The predicted octanol–water partition coefficient (Wildman–Crippen LogP) is 5.34.